The Morgan fingerprint density at radius 3 is 2.48 bits per heavy atom. The van der Waals surface area contributed by atoms with Gasteiger partial charge in [0.25, 0.3) is 5.91 Å². The van der Waals surface area contributed by atoms with Gasteiger partial charge in [0, 0.05) is 16.5 Å². The van der Waals surface area contributed by atoms with Crippen LogP contribution in [-0.2, 0) is 16.3 Å². The normalized spacial score (nSPS) is 11.4. The van der Waals surface area contributed by atoms with Crippen LogP contribution in [0.25, 0.3) is 0 Å². The first-order valence-corrected chi connectivity index (χ1v) is 10.2. The number of aryl methyl sites for hydroxylation is 1. The highest BCUT2D eigenvalue weighted by molar-refractivity contribution is 7.90. The summed E-state index contributed by atoms with van der Waals surface area (Å²) < 4.78 is 22.9. The SMILES string of the molecule is CCc1c(C)sc(NC(=O)c2cc(S(C)(=O)=O)cs2)c1C(=O)O. The van der Waals surface area contributed by atoms with Crippen LogP contribution in [0.2, 0.25) is 0 Å². The fourth-order valence-corrected chi connectivity index (χ4v) is 5.16. The van der Waals surface area contributed by atoms with Crippen LogP contribution < -0.4 is 5.32 Å². The molecule has 2 aromatic rings. The van der Waals surface area contributed by atoms with Crippen LogP contribution in [0, 0.1) is 6.92 Å². The zero-order valence-electron chi connectivity index (χ0n) is 12.7. The Bertz CT molecular complexity index is 876. The molecule has 0 radical (unpaired) electrons. The lowest BCUT2D eigenvalue weighted by Gasteiger charge is -2.03. The van der Waals surface area contributed by atoms with Crippen molar-refractivity contribution in [3.63, 3.8) is 0 Å². The Balaban J connectivity index is 2.34. The lowest BCUT2D eigenvalue weighted by molar-refractivity contribution is 0.0697. The molecule has 2 heterocycles. The number of thiophene rings is 2. The summed E-state index contributed by atoms with van der Waals surface area (Å²) in [5, 5.41) is 13.6. The van der Waals surface area contributed by atoms with E-state index in [0.29, 0.717) is 12.0 Å². The van der Waals surface area contributed by atoms with Gasteiger partial charge in [0.1, 0.15) is 5.00 Å². The van der Waals surface area contributed by atoms with E-state index in [2.05, 4.69) is 5.32 Å². The Hall–Kier alpha value is -1.71. The summed E-state index contributed by atoms with van der Waals surface area (Å²) in [6.45, 7) is 3.66. The predicted octanol–water partition coefficient (Wildman–Crippen LogP) is 3.03. The number of carboxylic acids is 1. The topological polar surface area (TPSA) is 101 Å². The first-order chi connectivity index (χ1) is 10.6. The minimum Gasteiger partial charge on any atom is -0.478 e. The molecule has 0 aliphatic carbocycles. The molecule has 2 rings (SSSR count). The zero-order valence-corrected chi connectivity index (χ0v) is 15.1. The van der Waals surface area contributed by atoms with Gasteiger partial charge in [0.15, 0.2) is 9.84 Å². The zero-order chi connectivity index (χ0) is 17.4. The van der Waals surface area contributed by atoms with E-state index in [1.54, 1.807) is 6.92 Å². The minimum absolute atomic E-state index is 0.0720. The molecule has 0 fully saturated rings. The molecule has 124 valence electrons. The quantitative estimate of drug-likeness (QED) is 0.839. The van der Waals surface area contributed by atoms with Crippen molar-refractivity contribution < 1.29 is 23.1 Å². The number of nitrogens with one attached hydrogen (secondary N) is 1. The molecular weight excluding hydrogens is 358 g/mol. The van der Waals surface area contributed by atoms with Gasteiger partial charge in [0.05, 0.1) is 15.3 Å². The van der Waals surface area contributed by atoms with Crippen LogP contribution in [-0.4, -0.2) is 31.7 Å². The molecule has 0 atom stereocenters. The number of carbonyl (C=O) groups excluding carboxylic acids is 1. The van der Waals surface area contributed by atoms with Gasteiger partial charge in [-0.1, -0.05) is 6.92 Å². The van der Waals surface area contributed by atoms with E-state index in [-0.39, 0.29) is 20.3 Å². The highest BCUT2D eigenvalue weighted by Gasteiger charge is 2.23. The molecule has 9 heteroatoms. The van der Waals surface area contributed by atoms with Gasteiger partial charge in [-0.2, -0.15) is 0 Å². The number of carboxylic acid groups (broad SMARTS) is 1. The third kappa shape index (κ3) is 3.62. The van der Waals surface area contributed by atoms with Gasteiger partial charge in [0.2, 0.25) is 0 Å². The molecular formula is C14H15NO5S3. The van der Waals surface area contributed by atoms with Gasteiger partial charge >= 0.3 is 5.97 Å². The Labute approximate surface area is 141 Å². The summed E-state index contributed by atoms with van der Waals surface area (Å²) in [5.74, 6) is -1.61. The van der Waals surface area contributed by atoms with Crippen LogP contribution >= 0.6 is 22.7 Å². The number of carbonyl (C=O) groups is 2. The number of rotatable bonds is 5. The number of hydrogen-bond donors (Lipinski definition) is 2. The van der Waals surface area contributed by atoms with E-state index >= 15 is 0 Å². The first-order valence-electron chi connectivity index (χ1n) is 6.60. The van der Waals surface area contributed by atoms with Crippen LogP contribution in [0.4, 0.5) is 5.00 Å². The van der Waals surface area contributed by atoms with Gasteiger partial charge < -0.3 is 10.4 Å². The minimum atomic E-state index is -3.38. The average molecular weight is 373 g/mol. The first kappa shape index (κ1) is 17.6. The molecule has 0 saturated heterocycles. The van der Waals surface area contributed by atoms with Gasteiger partial charge in [-0.3, -0.25) is 4.79 Å². The summed E-state index contributed by atoms with van der Waals surface area (Å²) in [6.07, 6.45) is 1.62. The molecule has 1 amide bonds. The Kier molecular flexibility index (Phi) is 4.92. The van der Waals surface area contributed by atoms with Gasteiger partial charge in [-0.25, -0.2) is 13.2 Å². The van der Waals surface area contributed by atoms with Crippen molar-refractivity contribution in [2.75, 3.05) is 11.6 Å². The van der Waals surface area contributed by atoms with Crippen LogP contribution in [0.1, 0.15) is 37.4 Å². The van der Waals surface area contributed by atoms with Crippen LogP contribution in [0.15, 0.2) is 16.3 Å². The molecule has 0 saturated carbocycles. The third-order valence-corrected chi connectivity index (χ3v) is 6.46. The lowest BCUT2D eigenvalue weighted by atomic mass is 10.1. The molecule has 2 aromatic heterocycles. The second-order valence-electron chi connectivity index (χ2n) is 4.87. The maximum absolute atomic E-state index is 12.3. The van der Waals surface area contributed by atoms with Crippen molar-refractivity contribution >= 4 is 49.4 Å². The van der Waals surface area contributed by atoms with E-state index in [1.807, 2.05) is 6.92 Å². The smallest absolute Gasteiger partial charge is 0.339 e. The molecule has 6 nitrogen and oxygen atoms in total. The summed E-state index contributed by atoms with van der Waals surface area (Å²) in [6, 6.07) is 1.29. The monoisotopic (exact) mass is 373 g/mol. The molecule has 0 aliphatic rings. The fourth-order valence-electron chi connectivity index (χ4n) is 2.12. The fraction of sp³-hybridized carbons (Fsp3) is 0.286. The lowest BCUT2D eigenvalue weighted by Crippen LogP contribution is -2.12. The van der Waals surface area contributed by atoms with Crippen molar-refractivity contribution in [2.24, 2.45) is 0 Å². The van der Waals surface area contributed by atoms with E-state index in [0.717, 1.165) is 22.5 Å². The molecule has 0 bridgehead atoms. The van der Waals surface area contributed by atoms with Crippen molar-refractivity contribution in [3.05, 3.63) is 32.3 Å². The number of amides is 1. The number of hydrogen-bond acceptors (Lipinski definition) is 6. The van der Waals surface area contributed by atoms with E-state index in [4.69, 9.17) is 0 Å². The van der Waals surface area contributed by atoms with Crippen LogP contribution in [0.3, 0.4) is 0 Å². The van der Waals surface area contributed by atoms with Crippen molar-refractivity contribution in [1.82, 2.24) is 0 Å². The standard InChI is InChI=1S/C14H15NO5S3/c1-4-9-7(2)22-13(11(9)14(17)18)15-12(16)10-5-8(6-21-10)23(3,19)20/h5-6H,4H2,1-3H3,(H,15,16)(H,17,18). The summed E-state index contributed by atoms with van der Waals surface area (Å²) in [4.78, 5) is 24.8. The Morgan fingerprint density at radius 1 is 1.35 bits per heavy atom. The van der Waals surface area contributed by atoms with E-state index in [9.17, 15) is 23.1 Å². The molecule has 0 aromatic carbocycles. The summed E-state index contributed by atoms with van der Waals surface area (Å²) >= 11 is 2.20. The highest BCUT2D eigenvalue weighted by atomic mass is 32.2. The van der Waals surface area contributed by atoms with Crippen molar-refractivity contribution in [2.45, 2.75) is 25.2 Å². The Morgan fingerprint density at radius 2 is 2.00 bits per heavy atom. The average Bonchev–Trinajstić information content (AvgIpc) is 3.02. The van der Waals surface area contributed by atoms with Crippen LogP contribution in [0.5, 0.6) is 0 Å². The molecule has 0 unspecified atom stereocenters. The maximum atomic E-state index is 12.3. The van der Waals surface area contributed by atoms with Gasteiger partial charge in [-0.05, 0) is 25.0 Å². The number of sulfone groups is 1. The van der Waals surface area contributed by atoms with E-state index in [1.165, 1.54) is 22.8 Å². The van der Waals surface area contributed by atoms with Crippen molar-refractivity contribution in [3.8, 4) is 0 Å². The molecule has 0 aliphatic heterocycles. The summed E-state index contributed by atoms with van der Waals surface area (Å²) in [7, 11) is -3.38. The third-order valence-electron chi connectivity index (χ3n) is 3.23. The van der Waals surface area contributed by atoms with Crippen molar-refractivity contribution in [1.29, 1.82) is 0 Å². The predicted molar refractivity (Wildman–Crippen MR) is 90.8 cm³/mol. The van der Waals surface area contributed by atoms with E-state index < -0.39 is 21.7 Å². The summed E-state index contributed by atoms with van der Waals surface area (Å²) in [5.41, 5.74) is 0.795. The molecule has 23 heavy (non-hydrogen) atoms. The maximum Gasteiger partial charge on any atom is 0.339 e. The highest BCUT2D eigenvalue weighted by Crippen LogP contribution is 2.34. The molecule has 2 N–H and O–H groups in total. The number of aromatic carboxylic acids is 1. The second kappa shape index (κ2) is 6.42. The van der Waals surface area contributed by atoms with Gasteiger partial charge in [-0.15, -0.1) is 22.7 Å². The largest absolute Gasteiger partial charge is 0.478 e. The number of anilines is 1. The molecule has 0 spiro atoms. The second-order valence-corrected chi connectivity index (χ2v) is 9.02.